The van der Waals surface area contributed by atoms with Crippen LogP contribution in [0, 0.1) is 5.82 Å². The summed E-state index contributed by atoms with van der Waals surface area (Å²) >= 11 is 12.1. The van der Waals surface area contributed by atoms with Crippen molar-refractivity contribution in [2.45, 2.75) is 16.6 Å². The third-order valence-corrected chi connectivity index (χ3v) is 4.97. The summed E-state index contributed by atoms with van der Waals surface area (Å²) in [6.45, 7) is 1.99. The maximum Gasteiger partial charge on any atom is 0.321 e. The number of carbonyl (C=O) groups excluding carboxylic acids is 1. The number of benzene rings is 1. The summed E-state index contributed by atoms with van der Waals surface area (Å²) in [6.07, 6.45) is 0. The zero-order valence-electron chi connectivity index (χ0n) is 8.92. The molecule has 1 aromatic rings. The van der Waals surface area contributed by atoms with Gasteiger partial charge in [0.15, 0.2) is 0 Å². The lowest BCUT2D eigenvalue weighted by molar-refractivity contribution is -0.142. The molecule has 2 atom stereocenters. The molecule has 0 fully saturated rings. The molecule has 17 heavy (non-hydrogen) atoms. The fourth-order valence-electron chi connectivity index (χ4n) is 1.23. The molecule has 0 aliphatic carbocycles. The van der Waals surface area contributed by atoms with E-state index in [1.54, 1.807) is 19.1 Å². The quantitative estimate of drug-likeness (QED) is 0.570. The second-order valence-corrected chi connectivity index (χ2v) is 5.58. The Kier molecular flexibility index (Phi) is 5.89. The second kappa shape index (κ2) is 6.71. The molecule has 94 valence electrons. The molecule has 0 amide bonds. The molecule has 1 aromatic carbocycles. The summed E-state index contributed by atoms with van der Waals surface area (Å²) < 4.78 is 18.6. The maximum absolute atomic E-state index is 13.7. The van der Waals surface area contributed by atoms with E-state index in [-0.39, 0.29) is 11.6 Å². The summed E-state index contributed by atoms with van der Waals surface area (Å²) in [6, 6.07) is 4.64. The van der Waals surface area contributed by atoms with Gasteiger partial charge in [-0.3, -0.25) is 4.79 Å². The lowest BCUT2D eigenvalue weighted by Gasteiger charge is -2.16. The van der Waals surface area contributed by atoms with E-state index in [9.17, 15) is 9.18 Å². The molecule has 0 aliphatic heterocycles. The summed E-state index contributed by atoms with van der Waals surface area (Å²) in [7, 11) is 0. The molecule has 0 saturated carbocycles. The van der Waals surface area contributed by atoms with Crippen molar-refractivity contribution in [3.63, 3.8) is 0 Å². The first kappa shape index (κ1) is 14.9. The Morgan fingerprint density at radius 1 is 1.53 bits per heavy atom. The predicted molar refractivity (Wildman–Crippen MR) is 72.4 cm³/mol. The molecule has 0 aliphatic rings. The fraction of sp³-hybridized carbons (Fsp3) is 0.364. The number of alkyl halides is 2. The smallest absolute Gasteiger partial charge is 0.321 e. The van der Waals surface area contributed by atoms with Crippen molar-refractivity contribution in [3.05, 3.63) is 34.6 Å². The van der Waals surface area contributed by atoms with Crippen LogP contribution in [0.3, 0.4) is 0 Å². The Morgan fingerprint density at radius 2 is 2.18 bits per heavy atom. The Hall–Kier alpha value is -0.130. The topological polar surface area (TPSA) is 26.3 Å². The molecule has 1 rings (SSSR count). The number of carbonyl (C=O) groups is 1. The van der Waals surface area contributed by atoms with Gasteiger partial charge in [0.05, 0.1) is 16.5 Å². The van der Waals surface area contributed by atoms with E-state index in [0.717, 1.165) is 0 Å². The highest BCUT2D eigenvalue weighted by molar-refractivity contribution is 9.12. The van der Waals surface area contributed by atoms with E-state index in [1.165, 1.54) is 6.07 Å². The Morgan fingerprint density at radius 3 is 2.76 bits per heavy atom. The Labute approximate surface area is 121 Å². The van der Waals surface area contributed by atoms with Gasteiger partial charge in [0.2, 0.25) is 0 Å². The molecule has 0 bridgehead atoms. The Balaban J connectivity index is 2.92. The number of hydrogen-bond donors (Lipinski definition) is 0. The van der Waals surface area contributed by atoms with Gasteiger partial charge in [0.25, 0.3) is 0 Å². The minimum Gasteiger partial charge on any atom is -0.465 e. The van der Waals surface area contributed by atoms with Crippen molar-refractivity contribution in [1.82, 2.24) is 0 Å². The summed E-state index contributed by atoms with van der Waals surface area (Å²) in [5.41, 5.74) is 0.312. The van der Waals surface area contributed by atoms with Crippen LogP contribution in [-0.2, 0) is 9.53 Å². The van der Waals surface area contributed by atoms with Crippen LogP contribution >= 0.6 is 43.5 Å². The second-order valence-electron chi connectivity index (χ2n) is 3.20. The number of rotatable bonds is 4. The van der Waals surface area contributed by atoms with Gasteiger partial charge in [0.1, 0.15) is 10.6 Å². The first-order chi connectivity index (χ1) is 7.99. The lowest BCUT2D eigenvalue weighted by atomic mass is 10.1. The largest absolute Gasteiger partial charge is 0.465 e. The molecule has 2 nitrogen and oxygen atoms in total. The van der Waals surface area contributed by atoms with E-state index in [1.807, 2.05) is 0 Å². The van der Waals surface area contributed by atoms with Crippen LogP contribution in [0.15, 0.2) is 18.2 Å². The van der Waals surface area contributed by atoms with Crippen LogP contribution in [0.4, 0.5) is 4.39 Å². The van der Waals surface area contributed by atoms with Crippen LogP contribution < -0.4 is 0 Å². The number of hydrogen-bond acceptors (Lipinski definition) is 2. The van der Waals surface area contributed by atoms with Crippen molar-refractivity contribution in [2.75, 3.05) is 6.61 Å². The highest BCUT2D eigenvalue weighted by atomic mass is 79.9. The van der Waals surface area contributed by atoms with Crippen molar-refractivity contribution < 1.29 is 13.9 Å². The van der Waals surface area contributed by atoms with E-state index >= 15 is 0 Å². The molecule has 0 radical (unpaired) electrons. The molecule has 0 spiro atoms. The zero-order valence-corrected chi connectivity index (χ0v) is 12.9. The average Bonchev–Trinajstić information content (AvgIpc) is 2.31. The van der Waals surface area contributed by atoms with Crippen molar-refractivity contribution >= 4 is 49.4 Å². The molecular formula is C11H10Br2ClFO2. The van der Waals surface area contributed by atoms with Crippen LogP contribution in [0.2, 0.25) is 5.02 Å². The maximum atomic E-state index is 13.7. The van der Waals surface area contributed by atoms with E-state index in [0.29, 0.717) is 5.56 Å². The lowest BCUT2D eigenvalue weighted by Crippen LogP contribution is -2.22. The molecule has 0 N–H and O–H groups in total. The predicted octanol–water partition coefficient (Wildman–Crippen LogP) is 4.24. The van der Waals surface area contributed by atoms with Crippen molar-refractivity contribution in [2.24, 2.45) is 0 Å². The third kappa shape index (κ3) is 3.66. The summed E-state index contributed by atoms with van der Waals surface area (Å²) in [5.74, 6) is -0.987. The molecule has 0 heterocycles. The molecule has 0 saturated heterocycles. The van der Waals surface area contributed by atoms with E-state index < -0.39 is 21.4 Å². The van der Waals surface area contributed by atoms with Crippen LogP contribution in [0.1, 0.15) is 17.3 Å². The SMILES string of the molecule is CCOC(=O)C(Br)C(Br)c1cccc(Cl)c1F. The van der Waals surface area contributed by atoms with Crippen LogP contribution in [-0.4, -0.2) is 17.4 Å². The number of ether oxygens (including phenoxy) is 1. The van der Waals surface area contributed by atoms with Gasteiger partial charge >= 0.3 is 5.97 Å². The molecule has 0 aromatic heterocycles. The molecule has 2 unspecified atom stereocenters. The first-order valence-corrected chi connectivity index (χ1v) is 7.08. The molecule has 6 heteroatoms. The Bertz CT molecular complexity index is 414. The third-order valence-electron chi connectivity index (χ3n) is 2.05. The zero-order chi connectivity index (χ0) is 13.0. The highest BCUT2D eigenvalue weighted by Gasteiger charge is 2.28. The number of esters is 1. The van der Waals surface area contributed by atoms with E-state index in [4.69, 9.17) is 16.3 Å². The van der Waals surface area contributed by atoms with Gasteiger partial charge in [0, 0.05) is 5.56 Å². The average molecular weight is 388 g/mol. The summed E-state index contributed by atoms with van der Waals surface area (Å²) in [4.78, 5) is 10.3. The van der Waals surface area contributed by atoms with Crippen molar-refractivity contribution in [1.29, 1.82) is 0 Å². The molecular weight excluding hydrogens is 378 g/mol. The van der Waals surface area contributed by atoms with Gasteiger partial charge in [-0.2, -0.15) is 0 Å². The first-order valence-electron chi connectivity index (χ1n) is 4.87. The monoisotopic (exact) mass is 386 g/mol. The normalized spacial score (nSPS) is 14.2. The van der Waals surface area contributed by atoms with Crippen LogP contribution in [0.5, 0.6) is 0 Å². The van der Waals surface area contributed by atoms with Crippen LogP contribution in [0.25, 0.3) is 0 Å². The van der Waals surface area contributed by atoms with Gasteiger partial charge < -0.3 is 4.74 Å². The fourth-order valence-corrected chi connectivity index (χ4v) is 2.40. The van der Waals surface area contributed by atoms with E-state index in [2.05, 4.69) is 31.9 Å². The van der Waals surface area contributed by atoms with Gasteiger partial charge in [-0.25, -0.2) is 4.39 Å². The minimum atomic E-state index is -0.671. The minimum absolute atomic E-state index is 0.0236. The summed E-state index contributed by atoms with van der Waals surface area (Å²) in [5, 5.41) is 0.0236. The van der Waals surface area contributed by atoms with Gasteiger partial charge in [-0.1, -0.05) is 55.6 Å². The van der Waals surface area contributed by atoms with Gasteiger partial charge in [-0.15, -0.1) is 0 Å². The number of halogens is 4. The standard InChI is InChI=1S/C11H10Br2ClFO2/c1-2-17-11(16)9(13)8(12)6-4-3-5-7(14)10(6)15/h3-5,8-9H,2H2,1H3. The highest BCUT2D eigenvalue weighted by Crippen LogP contribution is 2.35. The van der Waals surface area contributed by atoms with Crippen molar-refractivity contribution in [3.8, 4) is 0 Å². The van der Waals surface area contributed by atoms with Gasteiger partial charge in [-0.05, 0) is 13.0 Å².